The Labute approximate surface area is 130 Å². The number of nitrogens with zero attached hydrogens (tertiary/aromatic N) is 2. The molecule has 3 heterocycles. The number of likely N-dealkylation sites (tertiary alicyclic amines) is 1. The Balaban J connectivity index is 1.60. The maximum Gasteiger partial charge on any atom is 0.322 e. The van der Waals surface area contributed by atoms with Gasteiger partial charge in [-0.2, -0.15) is 0 Å². The monoisotopic (exact) mass is 302 g/mol. The van der Waals surface area contributed by atoms with Crippen LogP contribution in [0.3, 0.4) is 0 Å². The molecule has 2 N–H and O–H groups in total. The highest BCUT2D eigenvalue weighted by Gasteiger charge is 2.48. The maximum atomic E-state index is 12.1. The predicted octanol–water partition coefficient (Wildman–Crippen LogP) is 0.934. The molecule has 0 aromatic carbocycles. The van der Waals surface area contributed by atoms with Gasteiger partial charge in [-0.3, -0.25) is 15.1 Å². The second-order valence-corrected chi connectivity index (χ2v) is 6.32. The molecule has 6 heteroatoms. The van der Waals surface area contributed by atoms with Crippen LogP contribution in [-0.4, -0.2) is 47.0 Å². The number of piperidine rings is 1. The van der Waals surface area contributed by atoms with Crippen LogP contribution in [0.25, 0.3) is 0 Å². The summed E-state index contributed by atoms with van der Waals surface area (Å²) in [5, 5.41) is 5.17. The molecular weight excluding hydrogens is 280 g/mol. The smallest absolute Gasteiger partial charge is 0.322 e. The van der Waals surface area contributed by atoms with Crippen molar-refractivity contribution in [1.82, 2.24) is 20.5 Å². The molecule has 2 aliphatic rings. The van der Waals surface area contributed by atoms with Gasteiger partial charge in [-0.1, -0.05) is 6.07 Å². The van der Waals surface area contributed by atoms with Gasteiger partial charge in [-0.15, -0.1) is 0 Å². The number of nitrogens with one attached hydrogen (secondary N) is 2. The van der Waals surface area contributed by atoms with Gasteiger partial charge in [0.2, 0.25) is 0 Å². The lowest BCUT2D eigenvalue weighted by Crippen LogP contribution is -2.55. The van der Waals surface area contributed by atoms with E-state index in [4.69, 9.17) is 0 Å². The van der Waals surface area contributed by atoms with Crippen LogP contribution in [0, 0.1) is 5.92 Å². The number of aromatic nitrogens is 1. The SMILES string of the molecule is C[C@@]1([C@@H]2CCCN(CCc3ccccn3)C2)NC(=O)NC1=O. The Morgan fingerprint density at radius 1 is 1.41 bits per heavy atom. The molecule has 2 saturated heterocycles. The molecule has 0 unspecified atom stereocenters. The van der Waals surface area contributed by atoms with Crippen LogP contribution in [0.5, 0.6) is 0 Å². The molecule has 118 valence electrons. The molecular formula is C16H22N4O2. The fourth-order valence-corrected chi connectivity index (χ4v) is 3.39. The van der Waals surface area contributed by atoms with Crippen molar-refractivity contribution in [2.75, 3.05) is 19.6 Å². The lowest BCUT2D eigenvalue weighted by molar-refractivity contribution is -0.126. The minimum absolute atomic E-state index is 0.149. The van der Waals surface area contributed by atoms with Crippen LogP contribution in [0.15, 0.2) is 24.4 Å². The van der Waals surface area contributed by atoms with Crippen molar-refractivity contribution in [3.8, 4) is 0 Å². The molecule has 3 rings (SSSR count). The Bertz CT molecular complexity index is 563. The van der Waals surface area contributed by atoms with E-state index < -0.39 is 5.54 Å². The van der Waals surface area contributed by atoms with E-state index in [1.165, 1.54) is 0 Å². The molecule has 0 aliphatic carbocycles. The molecule has 2 atom stereocenters. The summed E-state index contributed by atoms with van der Waals surface area (Å²) < 4.78 is 0. The predicted molar refractivity (Wildman–Crippen MR) is 82.2 cm³/mol. The summed E-state index contributed by atoms with van der Waals surface area (Å²) in [6.07, 6.45) is 4.73. The lowest BCUT2D eigenvalue weighted by atomic mass is 9.80. The second kappa shape index (κ2) is 6.04. The Morgan fingerprint density at radius 2 is 2.27 bits per heavy atom. The van der Waals surface area contributed by atoms with E-state index in [9.17, 15) is 9.59 Å². The molecule has 22 heavy (non-hydrogen) atoms. The van der Waals surface area contributed by atoms with E-state index >= 15 is 0 Å². The maximum absolute atomic E-state index is 12.1. The van der Waals surface area contributed by atoms with Crippen LogP contribution in [0.1, 0.15) is 25.5 Å². The standard InChI is InChI=1S/C16H22N4O2/c1-16(14(21)18-15(22)19-16)12-5-4-9-20(11-12)10-7-13-6-2-3-8-17-13/h2-3,6,8,12H,4-5,7,9-11H2,1H3,(H2,18,19,21,22)/t12-,16+/m1/s1. The summed E-state index contributed by atoms with van der Waals surface area (Å²) in [4.78, 5) is 30.2. The van der Waals surface area contributed by atoms with Gasteiger partial charge in [0.1, 0.15) is 5.54 Å². The number of urea groups is 1. The topological polar surface area (TPSA) is 74.3 Å². The zero-order chi connectivity index (χ0) is 15.6. The first kappa shape index (κ1) is 15.0. The average molecular weight is 302 g/mol. The van der Waals surface area contributed by atoms with Crippen molar-refractivity contribution in [3.05, 3.63) is 30.1 Å². The molecule has 6 nitrogen and oxygen atoms in total. The lowest BCUT2D eigenvalue weighted by Gasteiger charge is -2.39. The minimum atomic E-state index is -0.777. The average Bonchev–Trinajstić information content (AvgIpc) is 2.80. The highest BCUT2D eigenvalue weighted by atomic mass is 16.2. The van der Waals surface area contributed by atoms with Crippen LogP contribution in [-0.2, 0) is 11.2 Å². The van der Waals surface area contributed by atoms with Gasteiger partial charge in [0.25, 0.3) is 5.91 Å². The van der Waals surface area contributed by atoms with E-state index in [-0.39, 0.29) is 17.9 Å². The van der Waals surface area contributed by atoms with E-state index in [0.717, 1.165) is 44.6 Å². The fraction of sp³-hybridized carbons (Fsp3) is 0.562. The third-order valence-electron chi connectivity index (χ3n) is 4.80. The largest absolute Gasteiger partial charge is 0.323 e. The van der Waals surface area contributed by atoms with Gasteiger partial charge in [0.15, 0.2) is 0 Å². The van der Waals surface area contributed by atoms with Crippen molar-refractivity contribution >= 4 is 11.9 Å². The van der Waals surface area contributed by atoms with Crippen molar-refractivity contribution < 1.29 is 9.59 Å². The number of amides is 3. The number of rotatable bonds is 4. The summed E-state index contributed by atoms with van der Waals surface area (Å²) in [6.45, 7) is 4.63. The van der Waals surface area contributed by atoms with Gasteiger partial charge in [-0.25, -0.2) is 4.79 Å². The molecule has 1 aromatic heterocycles. The third kappa shape index (κ3) is 2.97. The van der Waals surface area contributed by atoms with Crippen LogP contribution >= 0.6 is 0 Å². The normalized spacial score (nSPS) is 29.2. The van der Waals surface area contributed by atoms with Gasteiger partial charge < -0.3 is 10.2 Å². The van der Waals surface area contributed by atoms with Gasteiger partial charge in [0, 0.05) is 37.3 Å². The van der Waals surface area contributed by atoms with Crippen LogP contribution in [0.2, 0.25) is 0 Å². The first-order valence-corrected chi connectivity index (χ1v) is 7.84. The zero-order valence-corrected chi connectivity index (χ0v) is 12.8. The molecule has 2 aliphatic heterocycles. The Hall–Kier alpha value is -1.95. The van der Waals surface area contributed by atoms with Crippen molar-refractivity contribution in [2.45, 2.75) is 31.7 Å². The molecule has 0 saturated carbocycles. The number of carbonyl (C=O) groups excluding carboxylic acids is 2. The molecule has 0 spiro atoms. The molecule has 3 amide bonds. The van der Waals surface area contributed by atoms with Crippen LogP contribution < -0.4 is 10.6 Å². The highest BCUT2D eigenvalue weighted by molar-refractivity contribution is 6.06. The van der Waals surface area contributed by atoms with E-state index in [1.807, 2.05) is 31.3 Å². The molecule has 0 radical (unpaired) electrons. The number of hydrogen-bond acceptors (Lipinski definition) is 4. The summed E-state index contributed by atoms with van der Waals surface area (Å²) in [5.41, 5.74) is 0.309. The molecule has 1 aromatic rings. The quantitative estimate of drug-likeness (QED) is 0.812. The van der Waals surface area contributed by atoms with Crippen molar-refractivity contribution in [3.63, 3.8) is 0 Å². The fourth-order valence-electron chi connectivity index (χ4n) is 3.39. The third-order valence-corrected chi connectivity index (χ3v) is 4.80. The summed E-state index contributed by atoms with van der Waals surface area (Å²) in [5.74, 6) is -0.0505. The summed E-state index contributed by atoms with van der Waals surface area (Å²) >= 11 is 0. The van der Waals surface area contributed by atoms with E-state index in [2.05, 4.69) is 20.5 Å². The van der Waals surface area contributed by atoms with Crippen LogP contribution in [0.4, 0.5) is 4.79 Å². The van der Waals surface area contributed by atoms with Gasteiger partial charge >= 0.3 is 6.03 Å². The van der Waals surface area contributed by atoms with E-state index in [0.29, 0.717) is 0 Å². The second-order valence-electron chi connectivity index (χ2n) is 6.32. The molecule has 0 bridgehead atoms. The zero-order valence-electron chi connectivity index (χ0n) is 12.8. The number of hydrogen-bond donors (Lipinski definition) is 2. The minimum Gasteiger partial charge on any atom is -0.323 e. The van der Waals surface area contributed by atoms with Gasteiger partial charge in [-0.05, 0) is 38.4 Å². The molecule has 2 fully saturated rings. The number of pyridine rings is 1. The van der Waals surface area contributed by atoms with Crippen molar-refractivity contribution in [2.24, 2.45) is 5.92 Å². The number of carbonyl (C=O) groups is 2. The summed E-state index contributed by atoms with van der Waals surface area (Å²) in [7, 11) is 0. The first-order valence-electron chi connectivity index (χ1n) is 7.84. The van der Waals surface area contributed by atoms with E-state index in [1.54, 1.807) is 0 Å². The Kier molecular flexibility index (Phi) is 4.11. The Morgan fingerprint density at radius 3 is 2.95 bits per heavy atom. The summed E-state index contributed by atoms with van der Waals surface area (Å²) in [6, 6.07) is 5.58. The first-order chi connectivity index (χ1) is 10.6. The number of imide groups is 1. The highest BCUT2D eigenvalue weighted by Crippen LogP contribution is 2.29. The van der Waals surface area contributed by atoms with Crippen molar-refractivity contribution in [1.29, 1.82) is 0 Å². The van der Waals surface area contributed by atoms with Gasteiger partial charge in [0.05, 0.1) is 0 Å².